The second-order valence-electron chi connectivity index (χ2n) is 6.28. The highest BCUT2D eigenvalue weighted by Gasteiger charge is 2.30. The van der Waals surface area contributed by atoms with Crippen LogP contribution >= 0.6 is 22.9 Å². The third-order valence-electron chi connectivity index (χ3n) is 4.80. The van der Waals surface area contributed by atoms with Gasteiger partial charge in [0.05, 0.1) is 22.9 Å². The van der Waals surface area contributed by atoms with Gasteiger partial charge in [-0.05, 0) is 25.0 Å². The summed E-state index contributed by atoms with van der Waals surface area (Å²) >= 11 is 7.90. The first kappa shape index (κ1) is 16.1. The van der Waals surface area contributed by atoms with E-state index in [0.717, 1.165) is 54.4 Å². The number of carbonyl (C=O) groups excluding carboxylic acids is 1. The van der Waals surface area contributed by atoms with Gasteiger partial charge in [0.1, 0.15) is 5.52 Å². The lowest BCUT2D eigenvalue weighted by molar-refractivity contribution is -0.140. The standard InChI is InChI=1S/C17H20ClN3O2S/c18-13-2-1-3-14-15(13)19-17(24-14)21-6-4-12(5-7-21)16(22)20-8-10-23-11-9-20/h1-3,12H,4-11H2. The molecule has 4 rings (SSSR count). The highest BCUT2D eigenvalue weighted by atomic mass is 35.5. The minimum atomic E-state index is 0.136. The van der Waals surface area contributed by atoms with Gasteiger partial charge in [-0.2, -0.15) is 0 Å². The van der Waals surface area contributed by atoms with E-state index >= 15 is 0 Å². The molecule has 2 aliphatic heterocycles. The molecule has 24 heavy (non-hydrogen) atoms. The van der Waals surface area contributed by atoms with E-state index in [-0.39, 0.29) is 5.92 Å². The molecule has 0 saturated carbocycles. The fraction of sp³-hybridized carbons (Fsp3) is 0.529. The predicted molar refractivity (Wildman–Crippen MR) is 97.0 cm³/mol. The Morgan fingerprint density at radius 1 is 1.21 bits per heavy atom. The fourth-order valence-electron chi connectivity index (χ4n) is 3.40. The zero-order valence-corrected chi connectivity index (χ0v) is 15.0. The van der Waals surface area contributed by atoms with Crippen molar-refractivity contribution in [2.75, 3.05) is 44.3 Å². The van der Waals surface area contributed by atoms with Crippen LogP contribution in [-0.2, 0) is 9.53 Å². The van der Waals surface area contributed by atoms with Gasteiger partial charge in [-0.3, -0.25) is 4.79 Å². The molecule has 2 aliphatic rings. The lowest BCUT2D eigenvalue weighted by Crippen LogP contribution is -2.46. The van der Waals surface area contributed by atoms with Crippen LogP contribution in [0.25, 0.3) is 10.2 Å². The van der Waals surface area contributed by atoms with Gasteiger partial charge in [0.15, 0.2) is 5.13 Å². The Labute approximate surface area is 150 Å². The first-order chi connectivity index (χ1) is 11.7. The Balaban J connectivity index is 1.41. The number of benzene rings is 1. The zero-order valence-electron chi connectivity index (χ0n) is 13.4. The Hall–Kier alpha value is -1.37. The number of morpholine rings is 1. The normalized spacial score (nSPS) is 19.9. The number of para-hydroxylation sites is 1. The Morgan fingerprint density at radius 2 is 1.96 bits per heavy atom. The van der Waals surface area contributed by atoms with Gasteiger partial charge >= 0.3 is 0 Å². The Bertz CT molecular complexity index is 737. The van der Waals surface area contributed by atoms with Crippen molar-refractivity contribution in [2.24, 2.45) is 5.92 Å². The lowest BCUT2D eigenvalue weighted by atomic mass is 9.95. The minimum Gasteiger partial charge on any atom is -0.378 e. The molecular formula is C17H20ClN3O2S. The van der Waals surface area contributed by atoms with Gasteiger partial charge in [-0.15, -0.1) is 0 Å². The van der Waals surface area contributed by atoms with Gasteiger partial charge in [0.25, 0.3) is 0 Å². The molecule has 0 spiro atoms. The van der Waals surface area contributed by atoms with E-state index in [9.17, 15) is 4.79 Å². The van der Waals surface area contributed by atoms with E-state index in [1.54, 1.807) is 11.3 Å². The fourth-order valence-corrected chi connectivity index (χ4v) is 4.72. The van der Waals surface area contributed by atoms with Crippen molar-refractivity contribution in [3.8, 4) is 0 Å². The third-order valence-corrected chi connectivity index (χ3v) is 6.18. The molecule has 0 radical (unpaired) electrons. The van der Waals surface area contributed by atoms with E-state index in [1.807, 2.05) is 17.0 Å². The van der Waals surface area contributed by atoms with Crippen molar-refractivity contribution in [1.82, 2.24) is 9.88 Å². The molecular weight excluding hydrogens is 346 g/mol. The van der Waals surface area contributed by atoms with E-state index < -0.39 is 0 Å². The molecule has 3 heterocycles. The Kier molecular flexibility index (Phi) is 4.61. The van der Waals surface area contributed by atoms with Gasteiger partial charge in [0.2, 0.25) is 5.91 Å². The van der Waals surface area contributed by atoms with Crippen molar-refractivity contribution in [3.63, 3.8) is 0 Å². The third kappa shape index (κ3) is 3.10. The number of hydrogen-bond acceptors (Lipinski definition) is 5. The molecule has 0 bridgehead atoms. The summed E-state index contributed by atoms with van der Waals surface area (Å²) in [7, 11) is 0. The van der Waals surface area contributed by atoms with Crippen LogP contribution in [0.15, 0.2) is 18.2 Å². The monoisotopic (exact) mass is 365 g/mol. The summed E-state index contributed by atoms with van der Waals surface area (Å²) in [6.07, 6.45) is 1.78. The number of halogens is 1. The van der Waals surface area contributed by atoms with Crippen LogP contribution < -0.4 is 4.90 Å². The number of ether oxygens (including phenoxy) is 1. The second kappa shape index (κ2) is 6.86. The first-order valence-corrected chi connectivity index (χ1v) is 9.58. The molecule has 1 aromatic heterocycles. The summed E-state index contributed by atoms with van der Waals surface area (Å²) < 4.78 is 6.45. The topological polar surface area (TPSA) is 45.7 Å². The van der Waals surface area contributed by atoms with Crippen LogP contribution in [0.5, 0.6) is 0 Å². The summed E-state index contributed by atoms with van der Waals surface area (Å²) in [6.45, 7) is 4.54. The largest absolute Gasteiger partial charge is 0.378 e. The summed E-state index contributed by atoms with van der Waals surface area (Å²) in [4.78, 5) is 21.5. The number of rotatable bonds is 2. The average molecular weight is 366 g/mol. The van der Waals surface area contributed by atoms with Crippen molar-refractivity contribution in [1.29, 1.82) is 0 Å². The molecule has 1 amide bonds. The summed E-state index contributed by atoms with van der Waals surface area (Å²) in [5.74, 6) is 0.433. The highest BCUT2D eigenvalue weighted by molar-refractivity contribution is 7.22. The van der Waals surface area contributed by atoms with Crippen LogP contribution in [0, 0.1) is 5.92 Å². The molecule has 0 aliphatic carbocycles. The number of amides is 1. The molecule has 7 heteroatoms. The maximum Gasteiger partial charge on any atom is 0.225 e. The van der Waals surface area contributed by atoms with Crippen LogP contribution in [0.4, 0.5) is 5.13 Å². The second-order valence-corrected chi connectivity index (χ2v) is 7.70. The van der Waals surface area contributed by atoms with Gasteiger partial charge in [-0.25, -0.2) is 4.98 Å². The smallest absolute Gasteiger partial charge is 0.225 e. The number of nitrogens with zero attached hydrogens (tertiary/aromatic N) is 3. The average Bonchev–Trinajstić information content (AvgIpc) is 3.08. The Morgan fingerprint density at radius 3 is 2.67 bits per heavy atom. The summed E-state index contributed by atoms with van der Waals surface area (Å²) in [6, 6.07) is 5.89. The number of fused-ring (bicyclic) bond motifs is 1. The van der Waals surface area contributed by atoms with Crippen LogP contribution in [0.1, 0.15) is 12.8 Å². The molecule has 0 unspecified atom stereocenters. The molecule has 5 nitrogen and oxygen atoms in total. The van der Waals surface area contributed by atoms with E-state index in [1.165, 1.54) is 0 Å². The number of piperidine rings is 1. The first-order valence-electron chi connectivity index (χ1n) is 8.39. The molecule has 2 saturated heterocycles. The van der Waals surface area contributed by atoms with Crippen molar-refractivity contribution < 1.29 is 9.53 Å². The molecule has 2 fully saturated rings. The number of hydrogen-bond donors (Lipinski definition) is 0. The quantitative estimate of drug-likeness (QED) is 0.820. The zero-order chi connectivity index (χ0) is 16.5. The lowest BCUT2D eigenvalue weighted by Gasteiger charge is -2.35. The van der Waals surface area contributed by atoms with Crippen molar-refractivity contribution in [3.05, 3.63) is 23.2 Å². The molecule has 1 aromatic carbocycles. The van der Waals surface area contributed by atoms with Gasteiger partial charge in [-0.1, -0.05) is 29.0 Å². The number of carbonyl (C=O) groups is 1. The number of aromatic nitrogens is 1. The highest BCUT2D eigenvalue weighted by Crippen LogP contribution is 2.34. The summed E-state index contributed by atoms with van der Waals surface area (Å²) in [5, 5.41) is 1.71. The predicted octanol–water partition coefficient (Wildman–Crippen LogP) is 3.02. The number of anilines is 1. The van der Waals surface area contributed by atoms with Gasteiger partial charge in [0, 0.05) is 32.1 Å². The van der Waals surface area contributed by atoms with E-state index in [4.69, 9.17) is 21.3 Å². The minimum absolute atomic E-state index is 0.136. The van der Waals surface area contributed by atoms with Crippen LogP contribution in [0.3, 0.4) is 0 Å². The molecule has 128 valence electrons. The maximum absolute atomic E-state index is 12.6. The maximum atomic E-state index is 12.6. The molecule has 2 aromatic rings. The SMILES string of the molecule is O=C(C1CCN(c2nc3c(Cl)cccc3s2)CC1)N1CCOCC1. The van der Waals surface area contributed by atoms with Crippen molar-refractivity contribution in [2.45, 2.75) is 12.8 Å². The van der Waals surface area contributed by atoms with E-state index in [2.05, 4.69) is 11.0 Å². The van der Waals surface area contributed by atoms with Crippen LogP contribution in [0.2, 0.25) is 5.02 Å². The molecule has 0 atom stereocenters. The summed E-state index contributed by atoms with van der Waals surface area (Å²) in [5.41, 5.74) is 0.880. The molecule has 0 N–H and O–H groups in total. The van der Waals surface area contributed by atoms with Crippen LogP contribution in [-0.4, -0.2) is 55.2 Å². The van der Waals surface area contributed by atoms with Gasteiger partial charge < -0.3 is 14.5 Å². The number of thiazole rings is 1. The van der Waals surface area contributed by atoms with Crippen molar-refractivity contribution >= 4 is 44.2 Å². The van der Waals surface area contributed by atoms with E-state index in [0.29, 0.717) is 24.1 Å².